The first-order chi connectivity index (χ1) is 31.6. The molecule has 0 rings (SSSR count). The number of esters is 2. The first-order valence-electron chi connectivity index (χ1n) is 27.8. The van der Waals surface area contributed by atoms with E-state index in [1.165, 1.54) is 161 Å². The van der Waals surface area contributed by atoms with Crippen LogP contribution in [0.4, 0.5) is 0 Å². The molecule has 5 nitrogen and oxygen atoms in total. The van der Waals surface area contributed by atoms with Crippen LogP contribution in [0, 0.1) is 0 Å². The molecular weight excluding hydrogens is 789 g/mol. The highest BCUT2D eigenvalue weighted by Crippen LogP contribution is 2.15. The van der Waals surface area contributed by atoms with Crippen molar-refractivity contribution < 1.29 is 23.8 Å². The van der Waals surface area contributed by atoms with E-state index in [9.17, 15) is 9.59 Å². The van der Waals surface area contributed by atoms with Gasteiger partial charge < -0.3 is 14.2 Å². The van der Waals surface area contributed by atoms with Crippen LogP contribution in [0.5, 0.6) is 0 Å². The summed E-state index contributed by atoms with van der Waals surface area (Å²) >= 11 is 0. The van der Waals surface area contributed by atoms with Crippen molar-refractivity contribution in [3.63, 3.8) is 0 Å². The highest BCUT2D eigenvalue weighted by Gasteiger charge is 2.17. The molecule has 0 saturated carbocycles. The molecule has 0 aromatic carbocycles. The molecule has 0 fully saturated rings. The normalized spacial score (nSPS) is 12.6. The maximum atomic E-state index is 12.8. The second kappa shape index (κ2) is 54.9. The number of hydrogen-bond donors (Lipinski definition) is 0. The van der Waals surface area contributed by atoms with Crippen LogP contribution in [0.3, 0.4) is 0 Å². The predicted octanol–water partition coefficient (Wildman–Crippen LogP) is 18.9. The molecule has 0 aliphatic carbocycles. The Hall–Kier alpha value is -2.40. The van der Waals surface area contributed by atoms with Crippen LogP contribution in [0.2, 0.25) is 0 Å². The van der Waals surface area contributed by atoms with Gasteiger partial charge >= 0.3 is 11.9 Å². The van der Waals surface area contributed by atoms with E-state index >= 15 is 0 Å². The summed E-state index contributed by atoms with van der Waals surface area (Å²) < 4.78 is 17.4. The Morgan fingerprint density at radius 2 is 0.688 bits per heavy atom. The lowest BCUT2D eigenvalue weighted by Crippen LogP contribution is -2.30. The summed E-state index contributed by atoms with van der Waals surface area (Å²) in [5, 5.41) is 0. The van der Waals surface area contributed by atoms with Gasteiger partial charge in [-0.15, -0.1) is 0 Å². The Bertz CT molecular complexity index is 1100. The zero-order chi connectivity index (χ0) is 46.3. The molecule has 0 N–H and O–H groups in total. The summed E-state index contributed by atoms with van der Waals surface area (Å²) in [6.07, 6.45) is 69.4. The average molecular weight is 895 g/mol. The van der Waals surface area contributed by atoms with Crippen molar-refractivity contribution in [1.82, 2.24) is 0 Å². The number of rotatable bonds is 51. The molecule has 0 bridgehead atoms. The highest BCUT2D eigenvalue weighted by atomic mass is 16.6. The molecule has 64 heavy (non-hydrogen) atoms. The number of ether oxygens (including phenoxy) is 3. The number of carbonyl (C=O) groups excluding carboxylic acids is 2. The van der Waals surface area contributed by atoms with Crippen LogP contribution in [0.15, 0.2) is 60.8 Å². The van der Waals surface area contributed by atoms with Crippen LogP contribution < -0.4 is 0 Å². The fourth-order valence-electron chi connectivity index (χ4n) is 7.85. The largest absolute Gasteiger partial charge is 0.462 e. The molecule has 372 valence electrons. The van der Waals surface area contributed by atoms with Crippen molar-refractivity contribution >= 4 is 11.9 Å². The fourth-order valence-corrected chi connectivity index (χ4v) is 7.85. The van der Waals surface area contributed by atoms with E-state index in [1.54, 1.807) is 0 Å². The van der Waals surface area contributed by atoms with Gasteiger partial charge in [0, 0.05) is 19.4 Å². The third kappa shape index (κ3) is 52.2. The van der Waals surface area contributed by atoms with Crippen molar-refractivity contribution in [3.05, 3.63) is 60.8 Å². The van der Waals surface area contributed by atoms with E-state index in [0.717, 1.165) is 83.5 Å². The molecule has 0 aromatic heterocycles. The van der Waals surface area contributed by atoms with Gasteiger partial charge in [0.15, 0.2) is 6.10 Å². The molecule has 0 heterocycles. The molecule has 5 heteroatoms. The zero-order valence-corrected chi connectivity index (χ0v) is 42.8. The summed E-state index contributed by atoms with van der Waals surface area (Å²) in [7, 11) is 0. The Labute approximate surface area is 398 Å². The van der Waals surface area contributed by atoms with Gasteiger partial charge in [0.1, 0.15) is 6.61 Å². The van der Waals surface area contributed by atoms with Gasteiger partial charge in [0.05, 0.1) is 6.61 Å². The second-order valence-electron chi connectivity index (χ2n) is 18.5. The van der Waals surface area contributed by atoms with Gasteiger partial charge in [-0.2, -0.15) is 0 Å². The summed E-state index contributed by atoms with van der Waals surface area (Å²) in [6, 6.07) is 0. The Morgan fingerprint density at radius 3 is 1.14 bits per heavy atom. The minimum absolute atomic E-state index is 0.0743. The van der Waals surface area contributed by atoms with Crippen molar-refractivity contribution in [2.24, 2.45) is 0 Å². The van der Waals surface area contributed by atoms with Gasteiger partial charge in [0.2, 0.25) is 0 Å². The number of unbranched alkanes of at least 4 members (excludes halogenated alkanes) is 30. The fraction of sp³-hybridized carbons (Fsp3) is 0.797. The van der Waals surface area contributed by atoms with E-state index in [0.29, 0.717) is 19.4 Å². The lowest BCUT2D eigenvalue weighted by molar-refractivity contribution is -0.163. The predicted molar refractivity (Wildman–Crippen MR) is 279 cm³/mol. The van der Waals surface area contributed by atoms with Gasteiger partial charge in [-0.1, -0.05) is 242 Å². The molecule has 0 saturated heterocycles. The van der Waals surface area contributed by atoms with E-state index < -0.39 is 6.10 Å². The van der Waals surface area contributed by atoms with Crippen molar-refractivity contribution in [2.75, 3.05) is 19.8 Å². The van der Waals surface area contributed by atoms with E-state index in [-0.39, 0.29) is 25.2 Å². The second-order valence-corrected chi connectivity index (χ2v) is 18.5. The Morgan fingerprint density at radius 1 is 0.344 bits per heavy atom. The van der Waals surface area contributed by atoms with Crippen molar-refractivity contribution in [3.8, 4) is 0 Å². The SMILES string of the molecule is CCC/C=C\C/C=C\CCCCCCCC(=O)OC(COCCCCCCCCCCCCCCCCCC)COC(=O)CCCCCCCC/C=C\C/C=C\C/C=C\CCCCC. The third-order valence-electron chi connectivity index (χ3n) is 12.0. The van der Waals surface area contributed by atoms with Gasteiger partial charge in [-0.05, 0) is 83.5 Å². The highest BCUT2D eigenvalue weighted by molar-refractivity contribution is 5.70. The molecule has 0 aliphatic heterocycles. The molecule has 0 radical (unpaired) electrons. The van der Waals surface area contributed by atoms with Crippen LogP contribution in [-0.2, 0) is 23.8 Å². The monoisotopic (exact) mass is 895 g/mol. The summed E-state index contributed by atoms with van der Waals surface area (Å²) in [5.41, 5.74) is 0. The minimum atomic E-state index is -0.548. The third-order valence-corrected chi connectivity index (χ3v) is 12.0. The molecular formula is C59H106O5. The first kappa shape index (κ1) is 61.6. The summed E-state index contributed by atoms with van der Waals surface area (Å²) in [4.78, 5) is 25.5. The molecule has 1 atom stereocenters. The molecule has 0 spiro atoms. The van der Waals surface area contributed by atoms with Crippen molar-refractivity contribution in [2.45, 2.75) is 284 Å². The molecule has 0 amide bonds. The van der Waals surface area contributed by atoms with Crippen LogP contribution >= 0.6 is 0 Å². The van der Waals surface area contributed by atoms with E-state index in [4.69, 9.17) is 14.2 Å². The Balaban J connectivity index is 4.27. The quantitative estimate of drug-likeness (QED) is 0.0346. The smallest absolute Gasteiger partial charge is 0.306 e. The average Bonchev–Trinajstić information content (AvgIpc) is 3.30. The molecule has 0 aliphatic rings. The lowest BCUT2D eigenvalue weighted by atomic mass is 10.0. The van der Waals surface area contributed by atoms with Crippen LogP contribution in [0.1, 0.15) is 278 Å². The molecule has 1 unspecified atom stereocenters. The number of carbonyl (C=O) groups is 2. The Kier molecular flexibility index (Phi) is 52.9. The van der Waals surface area contributed by atoms with E-state index in [2.05, 4.69) is 81.5 Å². The van der Waals surface area contributed by atoms with Gasteiger partial charge in [-0.25, -0.2) is 0 Å². The summed E-state index contributed by atoms with van der Waals surface area (Å²) in [6.45, 7) is 7.75. The maximum absolute atomic E-state index is 12.8. The topological polar surface area (TPSA) is 61.8 Å². The molecule has 0 aromatic rings. The number of allylic oxidation sites excluding steroid dienone is 10. The van der Waals surface area contributed by atoms with Crippen molar-refractivity contribution in [1.29, 1.82) is 0 Å². The van der Waals surface area contributed by atoms with Crippen LogP contribution in [0.25, 0.3) is 0 Å². The van der Waals surface area contributed by atoms with Crippen LogP contribution in [-0.4, -0.2) is 37.9 Å². The summed E-state index contributed by atoms with van der Waals surface area (Å²) in [5.74, 6) is -0.418. The standard InChI is InChI=1S/C59H106O5/c1-4-7-10-13-16-19-22-25-27-29-30-31-32-35-37-40-43-46-49-52-58(60)63-56-57(64-59(61)53-50-47-44-41-38-34-24-21-18-15-12-9-6-3)55-62-54-51-48-45-42-39-36-33-28-26-23-20-17-14-11-8-5-2/h12,15-16,19,21,24-25,27,30-31,57H,4-11,13-14,17-18,20,22-23,26,28-29,32-56H2,1-3H3/b15-12-,19-16-,24-21-,27-25-,31-30-. The lowest BCUT2D eigenvalue weighted by Gasteiger charge is -2.18. The minimum Gasteiger partial charge on any atom is -0.462 e. The first-order valence-corrected chi connectivity index (χ1v) is 27.8. The number of hydrogen-bond acceptors (Lipinski definition) is 5. The van der Waals surface area contributed by atoms with E-state index in [1.807, 2.05) is 0 Å². The van der Waals surface area contributed by atoms with Gasteiger partial charge in [-0.3, -0.25) is 9.59 Å². The maximum Gasteiger partial charge on any atom is 0.306 e. The van der Waals surface area contributed by atoms with Gasteiger partial charge in [0.25, 0.3) is 0 Å². The zero-order valence-electron chi connectivity index (χ0n) is 42.8.